The Morgan fingerprint density at radius 2 is 2.10 bits per heavy atom. The molecule has 1 saturated heterocycles. The number of hydrogen-bond donors (Lipinski definition) is 0. The summed E-state index contributed by atoms with van der Waals surface area (Å²) in [5.74, 6) is 0.0679. The van der Waals surface area contributed by atoms with E-state index < -0.39 is 6.04 Å². The average molecular weight is 291 g/mol. The van der Waals surface area contributed by atoms with Gasteiger partial charge in [0.1, 0.15) is 17.9 Å². The number of nitriles is 1. The van der Waals surface area contributed by atoms with Crippen LogP contribution in [-0.4, -0.2) is 40.9 Å². The van der Waals surface area contributed by atoms with E-state index in [1.54, 1.807) is 11.8 Å². The fraction of sp³-hybridized carbons (Fsp3) is 0.750. The zero-order valence-corrected chi connectivity index (χ0v) is 13.4. The summed E-state index contributed by atoms with van der Waals surface area (Å²) < 4.78 is 0. The first-order chi connectivity index (χ1) is 9.90. The largest absolute Gasteiger partial charge is 0.325 e. The summed E-state index contributed by atoms with van der Waals surface area (Å²) in [5.41, 5.74) is 0.689. The number of rotatable bonds is 6. The quantitative estimate of drug-likeness (QED) is 0.705. The van der Waals surface area contributed by atoms with Crippen LogP contribution >= 0.6 is 0 Å². The summed E-state index contributed by atoms with van der Waals surface area (Å²) in [5, 5.41) is 9.14. The van der Waals surface area contributed by atoms with Gasteiger partial charge in [-0.3, -0.25) is 14.6 Å². The lowest BCUT2D eigenvalue weighted by atomic mass is 9.97. The normalized spacial score (nSPS) is 21.8. The maximum Gasteiger partial charge on any atom is 0.248 e. The van der Waals surface area contributed by atoms with E-state index in [0.29, 0.717) is 12.3 Å². The Bertz CT molecular complexity index is 465. The summed E-state index contributed by atoms with van der Waals surface area (Å²) >= 11 is 0. The van der Waals surface area contributed by atoms with Crippen molar-refractivity contribution in [3.05, 3.63) is 0 Å². The van der Waals surface area contributed by atoms with Crippen molar-refractivity contribution in [2.24, 2.45) is 10.9 Å². The van der Waals surface area contributed by atoms with Gasteiger partial charge in [0.25, 0.3) is 0 Å². The number of likely N-dealkylation sites (tertiary alicyclic amines) is 1. The minimum Gasteiger partial charge on any atom is -0.325 e. The molecule has 0 N–H and O–H groups in total. The second-order valence-corrected chi connectivity index (χ2v) is 5.89. The van der Waals surface area contributed by atoms with Crippen LogP contribution in [0.25, 0.3) is 0 Å². The summed E-state index contributed by atoms with van der Waals surface area (Å²) in [6.07, 6.45) is 2.72. The highest BCUT2D eigenvalue weighted by Gasteiger charge is 2.35. The Kier molecular flexibility index (Phi) is 6.54. The lowest BCUT2D eigenvalue weighted by Crippen LogP contribution is -2.43. The first-order valence-electron chi connectivity index (χ1n) is 7.63. The highest BCUT2D eigenvalue weighted by Crippen LogP contribution is 2.22. The minimum absolute atomic E-state index is 0.0441. The van der Waals surface area contributed by atoms with Crippen molar-refractivity contribution in [1.29, 1.82) is 5.26 Å². The van der Waals surface area contributed by atoms with Crippen LogP contribution in [0.2, 0.25) is 0 Å². The highest BCUT2D eigenvalue weighted by molar-refractivity contribution is 6.00. The smallest absolute Gasteiger partial charge is 0.248 e. The first-order valence-corrected chi connectivity index (χ1v) is 7.63. The molecule has 5 heteroatoms. The van der Waals surface area contributed by atoms with Gasteiger partial charge in [-0.15, -0.1) is 0 Å². The Hall–Kier alpha value is -1.70. The summed E-state index contributed by atoms with van der Waals surface area (Å²) in [7, 11) is 0. The Morgan fingerprint density at radius 1 is 1.43 bits per heavy atom. The molecule has 0 bridgehead atoms. The lowest BCUT2D eigenvalue weighted by Gasteiger charge is -2.27. The molecule has 5 nitrogen and oxygen atoms in total. The summed E-state index contributed by atoms with van der Waals surface area (Å²) in [4.78, 5) is 30.0. The van der Waals surface area contributed by atoms with Crippen LogP contribution in [-0.2, 0) is 9.59 Å². The Morgan fingerprint density at radius 3 is 2.62 bits per heavy atom. The predicted octanol–water partition coefficient (Wildman–Crippen LogP) is 2.36. The van der Waals surface area contributed by atoms with Crippen LogP contribution in [0.5, 0.6) is 0 Å². The van der Waals surface area contributed by atoms with Gasteiger partial charge in [0, 0.05) is 18.7 Å². The number of amides is 1. The van der Waals surface area contributed by atoms with Crippen LogP contribution in [0.3, 0.4) is 0 Å². The van der Waals surface area contributed by atoms with Crippen LogP contribution in [0.15, 0.2) is 4.99 Å². The van der Waals surface area contributed by atoms with Gasteiger partial charge in [-0.05, 0) is 32.6 Å². The topological polar surface area (TPSA) is 73.5 Å². The fourth-order valence-electron chi connectivity index (χ4n) is 2.63. The number of nitrogens with zero attached hydrogens (tertiary/aromatic N) is 3. The second-order valence-electron chi connectivity index (χ2n) is 5.89. The molecule has 0 aromatic heterocycles. The molecule has 1 amide bonds. The molecule has 3 atom stereocenters. The molecule has 21 heavy (non-hydrogen) atoms. The molecule has 116 valence electrons. The molecule has 0 saturated carbocycles. The summed E-state index contributed by atoms with van der Waals surface area (Å²) in [6, 6.07) is 1.39. The monoisotopic (exact) mass is 291 g/mol. The van der Waals surface area contributed by atoms with Gasteiger partial charge < -0.3 is 4.90 Å². The van der Waals surface area contributed by atoms with Crippen molar-refractivity contribution in [2.45, 2.75) is 65.5 Å². The van der Waals surface area contributed by atoms with Crippen molar-refractivity contribution in [1.82, 2.24) is 4.90 Å². The maximum atomic E-state index is 12.7. The number of ketones is 1. The van der Waals surface area contributed by atoms with E-state index in [1.165, 1.54) is 6.92 Å². The minimum atomic E-state index is -0.483. The Labute approximate surface area is 127 Å². The van der Waals surface area contributed by atoms with E-state index in [-0.39, 0.29) is 30.1 Å². The third-order valence-electron chi connectivity index (χ3n) is 3.99. The van der Waals surface area contributed by atoms with E-state index in [2.05, 4.69) is 11.1 Å². The number of Topliss-reactive ketones (excluding diaryl/α,β-unsaturated/α-hetero) is 1. The molecule has 1 heterocycles. The number of aliphatic imine (C=N–C) groups is 1. The van der Waals surface area contributed by atoms with Crippen molar-refractivity contribution >= 4 is 17.4 Å². The van der Waals surface area contributed by atoms with Crippen molar-refractivity contribution in [2.75, 3.05) is 6.54 Å². The van der Waals surface area contributed by atoms with E-state index in [9.17, 15) is 9.59 Å². The third kappa shape index (κ3) is 4.66. The first kappa shape index (κ1) is 17.4. The van der Waals surface area contributed by atoms with Crippen LogP contribution in [0, 0.1) is 17.2 Å². The maximum absolute atomic E-state index is 12.7. The van der Waals surface area contributed by atoms with Gasteiger partial charge in [-0.2, -0.15) is 5.26 Å². The predicted molar refractivity (Wildman–Crippen MR) is 82.0 cm³/mol. The number of carbonyl (C=O) groups is 2. The van der Waals surface area contributed by atoms with Gasteiger partial charge in [0.2, 0.25) is 5.91 Å². The van der Waals surface area contributed by atoms with Crippen molar-refractivity contribution in [3.63, 3.8) is 0 Å². The average Bonchev–Trinajstić information content (AvgIpc) is 2.90. The third-order valence-corrected chi connectivity index (χ3v) is 3.99. The van der Waals surface area contributed by atoms with E-state index in [4.69, 9.17) is 5.26 Å². The molecular weight excluding hydrogens is 266 g/mol. The SMILES string of the molecule is CC[C@H](C)[C@H](N=C(C)CC(C)=O)C(=O)N1CCC[C@H]1C#N. The Balaban J connectivity index is 2.95. The highest BCUT2D eigenvalue weighted by atomic mass is 16.2. The van der Waals surface area contributed by atoms with Gasteiger partial charge in [-0.1, -0.05) is 20.3 Å². The molecule has 1 rings (SSSR count). The van der Waals surface area contributed by atoms with Crippen LogP contribution < -0.4 is 0 Å². The molecule has 0 aromatic carbocycles. The lowest BCUT2D eigenvalue weighted by molar-refractivity contribution is -0.133. The van der Waals surface area contributed by atoms with E-state index >= 15 is 0 Å². The number of carbonyl (C=O) groups excluding carboxylic acids is 2. The van der Waals surface area contributed by atoms with Gasteiger partial charge in [-0.25, -0.2) is 0 Å². The zero-order valence-electron chi connectivity index (χ0n) is 13.4. The molecule has 1 fully saturated rings. The van der Waals surface area contributed by atoms with Crippen LogP contribution in [0.1, 0.15) is 53.4 Å². The van der Waals surface area contributed by atoms with E-state index in [1.807, 2.05) is 13.8 Å². The molecular formula is C16H25N3O2. The van der Waals surface area contributed by atoms with Gasteiger partial charge in [0.05, 0.1) is 6.07 Å². The standard InChI is InChI=1S/C16H25N3O2/c1-5-11(2)15(18-12(3)9-13(4)20)16(21)19-8-6-7-14(19)10-17/h11,14-15H,5-9H2,1-4H3/t11-,14-,15-/m0/s1. The van der Waals surface area contributed by atoms with Gasteiger partial charge >= 0.3 is 0 Å². The second kappa shape index (κ2) is 7.92. The molecule has 0 aromatic rings. The van der Waals surface area contributed by atoms with E-state index in [0.717, 1.165) is 19.3 Å². The molecule has 0 radical (unpaired) electrons. The molecule has 0 aliphatic carbocycles. The molecule has 1 aliphatic rings. The van der Waals surface area contributed by atoms with Crippen molar-refractivity contribution < 1.29 is 9.59 Å². The van der Waals surface area contributed by atoms with Crippen LogP contribution in [0.4, 0.5) is 0 Å². The van der Waals surface area contributed by atoms with Gasteiger partial charge in [0.15, 0.2) is 0 Å². The molecule has 0 unspecified atom stereocenters. The molecule has 1 aliphatic heterocycles. The fourth-order valence-corrected chi connectivity index (χ4v) is 2.63. The van der Waals surface area contributed by atoms with Crippen molar-refractivity contribution in [3.8, 4) is 6.07 Å². The molecule has 0 spiro atoms. The zero-order chi connectivity index (χ0) is 16.0. The number of hydrogen-bond acceptors (Lipinski definition) is 4. The summed E-state index contributed by atoms with van der Waals surface area (Å²) in [6.45, 7) is 7.95.